The molecule has 1 aromatic heterocycles. The minimum Gasteiger partial charge on any atom is -0.497 e. The summed E-state index contributed by atoms with van der Waals surface area (Å²) >= 11 is 1.37. The number of para-hydroxylation sites is 1. The van der Waals surface area contributed by atoms with Gasteiger partial charge in [0.2, 0.25) is 0 Å². The van der Waals surface area contributed by atoms with E-state index in [4.69, 9.17) is 9.47 Å². The summed E-state index contributed by atoms with van der Waals surface area (Å²) in [4.78, 5) is 13.0. The molecule has 1 atom stereocenters. The van der Waals surface area contributed by atoms with Crippen LogP contribution in [-0.4, -0.2) is 40.0 Å². The van der Waals surface area contributed by atoms with Crippen molar-refractivity contribution >= 4 is 17.5 Å². The molecule has 1 unspecified atom stereocenters. The van der Waals surface area contributed by atoms with Crippen molar-refractivity contribution in [2.24, 2.45) is 0 Å². The molecule has 0 amide bonds. The fourth-order valence-electron chi connectivity index (χ4n) is 2.74. The van der Waals surface area contributed by atoms with Crippen LogP contribution in [0.4, 0.5) is 0 Å². The lowest BCUT2D eigenvalue weighted by atomic mass is 10.1. The number of carbonyl (C=O) groups excluding carboxylic acids is 1. The van der Waals surface area contributed by atoms with Crippen molar-refractivity contribution in [3.8, 4) is 17.2 Å². The van der Waals surface area contributed by atoms with Gasteiger partial charge in [0.25, 0.3) is 0 Å². The summed E-state index contributed by atoms with van der Waals surface area (Å²) in [6.07, 6.45) is 1.66. The number of benzene rings is 2. The van der Waals surface area contributed by atoms with Crippen LogP contribution in [0.25, 0.3) is 5.69 Å². The third-order valence-electron chi connectivity index (χ3n) is 4.22. The smallest absolute Gasteiger partial charge is 0.196 e. The molecule has 0 saturated heterocycles. The van der Waals surface area contributed by atoms with Gasteiger partial charge in [0.1, 0.15) is 17.8 Å². The molecule has 0 N–H and O–H groups in total. The van der Waals surface area contributed by atoms with Crippen molar-refractivity contribution in [2.75, 3.05) is 14.2 Å². The van der Waals surface area contributed by atoms with Gasteiger partial charge in [0.05, 0.1) is 30.7 Å². The van der Waals surface area contributed by atoms with Gasteiger partial charge in [-0.2, -0.15) is 0 Å². The predicted octanol–water partition coefficient (Wildman–Crippen LogP) is 3.96. The van der Waals surface area contributed by atoms with Crippen molar-refractivity contribution in [3.05, 3.63) is 59.9 Å². The first-order valence-corrected chi connectivity index (χ1v) is 9.32. The average molecular weight is 383 g/mol. The third kappa shape index (κ3) is 3.98. The maximum atomic E-state index is 13.0. The Balaban J connectivity index is 1.85. The number of hydrogen-bond donors (Lipinski definition) is 0. The Morgan fingerprint density at radius 2 is 1.93 bits per heavy atom. The van der Waals surface area contributed by atoms with Crippen molar-refractivity contribution in [2.45, 2.75) is 24.3 Å². The van der Waals surface area contributed by atoms with Crippen LogP contribution in [-0.2, 0) is 0 Å². The SMILES string of the molecule is COc1ccc(C(=O)C(C)Sc2nncn2-c2ccccc2C)c(OC)c1. The second-order valence-corrected chi connectivity index (χ2v) is 7.27. The molecule has 0 aliphatic carbocycles. The number of carbonyl (C=O) groups is 1. The largest absolute Gasteiger partial charge is 0.497 e. The molecule has 7 heteroatoms. The van der Waals surface area contributed by atoms with Gasteiger partial charge in [-0.1, -0.05) is 30.0 Å². The molecule has 6 nitrogen and oxygen atoms in total. The monoisotopic (exact) mass is 383 g/mol. The number of hydrogen-bond acceptors (Lipinski definition) is 6. The van der Waals surface area contributed by atoms with E-state index in [0.29, 0.717) is 22.2 Å². The number of nitrogens with zero attached hydrogens (tertiary/aromatic N) is 3. The van der Waals surface area contributed by atoms with Gasteiger partial charge in [-0.15, -0.1) is 10.2 Å². The highest BCUT2D eigenvalue weighted by atomic mass is 32.2. The molecule has 27 heavy (non-hydrogen) atoms. The quantitative estimate of drug-likeness (QED) is 0.454. The van der Waals surface area contributed by atoms with Crippen LogP contribution in [0.2, 0.25) is 0 Å². The first-order valence-electron chi connectivity index (χ1n) is 8.44. The Labute approximate surface area is 162 Å². The molecule has 0 spiro atoms. The molecule has 1 heterocycles. The average Bonchev–Trinajstić information content (AvgIpc) is 3.15. The highest BCUT2D eigenvalue weighted by molar-refractivity contribution is 8.00. The molecule has 3 rings (SSSR count). The Kier molecular flexibility index (Phi) is 5.81. The lowest BCUT2D eigenvalue weighted by Crippen LogP contribution is -2.15. The molecule has 140 valence electrons. The second-order valence-electron chi connectivity index (χ2n) is 5.96. The summed E-state index contributed by atoms with van der Waals surface area (Å²) in [5.41, 5.74) is 2.61. The summed E-state index contributed by atoms with van der Waals surface area (Å²) < 4.78 is 12.5. The van der Waals surface area contributed by atoms with E-state index in [-0.39, 0.29) is 11.0 Å². The molecule has 0 saturated carbocycles. The van der Waals surface area contributed by atoms with Crippen molar-refractivity contribution in [1.29, 1.82) is 0 Å². The zero-order valence-corrected chi connectivity index (χ0v) is 16.5. The van der Waals surface area contributed by atoms with E-state index in [2.05, 4.69) is 10.2 Å². The Morgan fingerprint density at radius 3 is 2.63 bits per heavy atom. The second kappa shape index (κ2) is 8.26. The highest BCUT2D eigenvalue weighted by Gasteiger charge is 2.23. The van der Waals surface area contributed by atoms with Gasteiger partial charge >= 0.3 is 0 Å². The molecule has 3 aromatic rings. The lowest BCUT2D eigenvalue weighted by Gasteiger charge is -2.14. The lowest BCUT2D eigenvalue weighted by molar-refractivity contribution is 0.0991. The van der Waals surface area contributed by atoms with Crippen LogP contribution in [0.15, 0.2) is 53.9 Å². The van der Waals surface area contributed by atoms with Crippen LogP contribution in [0, 0.1) is 6.92 Å². The predicted molar refractivity (Wildman–Crippen MR) is 105 cm³/mol. The zero-order chi connectivity index (χ0) is 19.4. The maximum absolute atomic E-state index is 13.0. The van der Waals surface area contributed by atoms with Crippen LogP contribution < -0.4 is 9.47 Å². The zero-order valence-electron chi connectivity index (χ0n) is 15.7. The van der Waals surface area contributed by atoms with E-state index >= 15 is 0 Å². The van der Waals surface area contributed by atoms with E-state index in [9.17, 15) is 4.79 Å². The normalized spacial score (nSPS) is 11.9. The molecule has 2 aromatic carbocycles. The number of aromatic nitrogens is 3. The van der Waals surface area contributed by atoms with Crippen LogP contribution >= 0.6 is 11.8 Å². The molecule has 0 aliphatic heterocycles. The van der Waals surface area contributed by atoms with E-state index in [1.54, 1.807) is 31.6 Å². The topological polar surface area (TPSA) is 66.2 Å². The van der Waals surface area contributed by atoms with Crippen molar-refractivity contribution in [1.82, 2.24) is 14.8 Å². The van der Waals surface area contributed by atoms with E-state index < -0.39 is 0 Å². The number of rotatable bonds is 7. The van der Waals surface area contributed by atoms with Gasteiger partial charge in [0, 0.05) is 6.07 Å². The van der Waals surface area contributed by atoms with E-state index in [0.717, 1.165) is 11.3 Å². The van der Waals surface area contributed by atoms with Crippen LogP contribution in [0.1, 0.15) is 22.8 Å². The molecule has 0 aliphatic rings. The van der Waals surface area contributed by atoms with Gasteiger partial charge in [-0.25, -0.2) is 0 Å². The van der Waals surface area contributed by atoms with Gasteiger partial charge in [-0.3, -0.25) is 9.36 Å². The number of ketones is 1. The first-order chi connectivity index (χ1) is 13.0. The number of ether oxygens (including phenoxy) is 2. The summed E-state index contributed by atoms with van der Waals surface area (Å²) in [6.45, 7) is 3.88. The van der Waals surface area contributed by atoms with E-state index in [1.807, 2.05) is 42.7 Å². The Morgan fingerprint density at radius 1 is 1.15 bits per heavy atom. The van der Waals surface area contributed by atoms with Crippen LogP contribution in [0.5, 0.6) is 11.5 Å². The number of thioether (sulfide) groups is 1. The van der Waals surface area contributed by atoms with Gasteiger partial charge in [-0.05, 0) is 37.6 Å². The molecule has 0 bridgehead atoms. The minimum atomic E-state index is -0.362. The summed E-state index contributed by atoms with van der Waals surface area (Å²) in [5, 5.41) is 8.52. The number of methoxy groups -OCH3 is 2. The van der Waals surface area contributed by atoms with Gasteiger partial charge in [0.15, 0.2) is 10.9 Å². The summed E-state index contributed by atoms with van der Waals surface area (Å²) in [5.74, 6) is 1.09. The fraction of sp³-hybridized carbons (Fsp3) is 0.250. The van der Waals surface area contributed by atoms with Crippen molar-refractivity contribution in [3.63, 3.8) is 0 Å². The first kappa shape index (κ1) is 19.0. The van der Waals surface area contributed by atoms with Crippen molar-refractivity contribution < 1.29 is 14.3 Å². The number of Topliss-reactive ketones (excluding diaryl/α,β-unsaturated/α-hetero) is 1. The molecule has 0 fully saturated rings. The summed E-state index contributed by atoms with van der Waals surface area (Å²) in [7, 11) is 3.12. The van der Waals surface area contributed by atoms with Crippen LogP contribution in [0.3, 0.4) is 0 Å². The molecular formula is C20H21N3O3S. The highest BCUT2D eigenvalue weighted by Crippen LogP contribution is 2.31. The minimum absolute atomic E-state index is 0.0427. The van der Waals surface area contributed by atoms with Gasteiger partial charge < -0.3 is 9.47 Å². The fourth-order valence-corrected chi connectivity index (χ4v) is 3.64. The Hall–Kier alpha value is -2.80. The molecular weight excluding hydrogens is 362 g/mol. The number of aryl methyl sites for hydroxylation is 1. The molecule has 0 radical (unpaired) electrons. The maximum Gasteiger partial charge on any atom is 0.196 e. The summed E-state index contributed by atoms with van der Waals surface area (Å²) in [6, 6.07) is 13.2. The Bertz CT molecular complexity index is 955. The third-order valence-corrected chi connectivity index (χ3v) is 5.27. The van der Waals surface area contributed by atoms with E-state index in [1.165, 1.54) is 18.9 Å². The standard InChI is InChI=1S/C20H21N3O3S/c1-13-7-5-6-8-17(13)23-12-21-22-20(23)27-14(2)19(24)16-10-9-15(25-3)11-18(16)26-4/h5-12,14H,1-4H3.